The standard InChI is InChI=1S/C13H21NO4/c1-18-13(6-4-7-13)9-11(15)14-8-3-2-5-10(14)12(16)17/h10H,2-9H2,1H3,(H,16,17)/t10-/m1/s1. The summed E-state index contributed by atoms with van der Waals surface area (Å²) >= 11 is 0. The molecule has 2 fully saturated rings. The first-order valence-electron chi connectivity index (χ1n) is 6.65. The van der Waals surface area contributed by atoms with Crippen LogP contribution in [0, 0.1) is 0 Å². The van der Waals surface area contributed by atoms with E-state index in [1.807, 2.05) is 0 Å². The highest BCUT2D eigenvalue weighted by Gasteiger charge is 2.42. The predicted octanol–water partition coefficient (Wildman–Crippen LogP) is 1.41. The van der Waals surface area contributed by atoms with Crippen LogP contribution in [0.5, 0.6) is 0 Å². The number of carbonyl (C=O) groups is 2. The Kier molecular flexibility index (Phi) is 3.90. The van der Waals surface area contributed by atoms with Crippen LogP contribution in [0.3, 0.4) is 0 Å². The van der Waals surface area contributed by atoms with Gasteiger partial charge in [0.15, 0.2) is 0 Å². The largest absolute Gasteiger partial charge is 0.480 e. The fourth-order valence-corrected chi connectivity index (χ4v) is 2.89. The van der Waals surface area contributed by atoms with Gasteiger partial charge in [0.1, 0.15) is 6.04 Å². The summed E-state index contributed by atoms with van der Waals surface area (Å²) in [4.78, 5) is 25.0. The molecule has 5 heteroatoms. The summed E-state index contributed by atoms with van der Waals surface area (Å²) in [5.74, 6) is -0.952. The maximum atomic E-state index is 12.3. The molecule has 0 aromatic carbocycles. The molecule has 0 aromatic heterocycles. The Labute approximate surface area is 107 Å². The van der Waals surface area contributed by atoms with Crippen LogP contribution < -0.4 is 0 Å². The van der Waals surface area contributed by atoms with E-state index in [4.69, 9.17) is 9.84 Å². The molecular weight excluding hydrogens is 234 g/mol. The summed E-state index contributed by atoms with van der Waals surface area (Å²) in [6, 6.07) is -0.639. The summed E-state index contributed by atoms with van der Waals surface area (Å²) in [5, 5.41) is 9.16. The minimum absolute atomic E-state index is 0.0661. The quantitative estimate of drug-likeness (QED) is 0.824. The van der Waals surface area contributed by atoms with Gasteiger partial charge in [0.05, 0.1) is 12.0 Å². The van der Waals surface area contributed by atoms with Crippen molar-refractivity contribution in [3.05, 3.63) is 0 Å². The van der Waals surface area contributed by atoms with Gasteiger partial charge >= 0.3 is 5.97 Å². The van der Waals surface area contributed by atoms with Gasteiger partial charge in [-0.2, -0.15) is 0 Å². The average molecular weight is 255 g/mol. The van der Waals surface area contributed by atoms with Gasteiger partial charge in [-0.05, 0) is 38.5 Å². The number of ether oxygens (including phenoxy) is 1. The van der Waals surface area contributed by atoms with Gasteiger partial charge in [-0.15, -0.1) is 0 Å². The summed E-state index contributed by atoms with van der Waals surface area (Å²) < 4.78 is 5.44. The zero-order chi connectivity index (χ0) is 13.2. The Hall–Kier alpha value is -1.10. The van der Waals surface area contributed by atoms with Gasteiger partial charge in [-0.1, -0.05) is 0 Å². The van der Waals surface area contributed by atoms with Crippen LogP contribution >= 0.6 is 0 Å². The van der Waals surface area contributed by atoms with Gasteiger partial charge in [0, 0.05) is 13.7 Å². The summed E-state index contributed by atoms with van der Waals surface area (Å²) in [7, 11) is 1.64. The Morgan fingerprint density at radius 2 is 2.06 bits per heavy atom. The van der Waals surface area contributed by atoms with Crippen molar-refractivity contribution in [3.63, 3.8) is 0 Å². The van der Waals surface area contributed by atoms with Crippen LogP contribution in [-0.4, -0.2) is 47.2 Å². The molecule has 0 bridgehead atoms. The molecule has 1 aliphatic carbocycles. The average Bonchev–Trinajstić information content (AvgIpc) is 2.33. The van der Waals surface area contributed by atoms with Crippen molar-refractivity contribution in [2.24, 2.45) is 0 Å². The van der Waals surface area contributed by atoms with E-state index in [1.165, 1.54) is 4.90 Å². The van der Waals surface area contributed by atoms with Crippen LogP contribution in [0.15, 0.2) is 0 Å². The lowest BCUT2D eigenvalue weighted by molar-refractivity contribution is -0.157. The molecule has 1 heterocycles. The highest BCUT2D eigenvalue weighted by molar-refractivity contribution is 5.84. The minimum Gasteiger partial charge on any atom is -0.480 e. The van der Waals surface area contributed by atoms with Crippen molar-refractivity contribution in [1.82, 2.24) is 4.90 Å². The second-order valence-corrected chi connectivity index (χ2v) is 5.35. The molecule has 2 aliphatic rings. The van der Waals surface area contributed by atoms with Crippen molar-refractivity contribution in [3.8, 4) is 0 Å². The van der Waals surface area contributed by atoms with Crippen LogP contribution in [0.1, 0.15) is 44.9 Å². The van der Waals surface area contributed by atoms with Gasteiger partial charge < -0.3 is 14.7 Å². The van der Waals surface area contributed by atoms with E-state index in [-0.39, 0.29) is 11.5 Å². The molecule has 18 heavy (non-hydrogen) atoms. The predicted molar refractivity (Wildman–Crippen MR) is 65.2 cm³/mol. The van der Waals surface area contributed by atoms with Crippen molar-refractivity contribution in [1.29, 1.82) is 0 Å². The molecule has 0 aromatic rings. The van der Waals surface area contributed by atoms with Crippen molar-refractivity contribution >= 4 is 11.9 Å². The lowest BCUT2D eigenvalue weighted by Crippen LogP contribution is -2.51. The van der Waals surface area contributed by atoms with E-state index in [0.717, 1.165) is 32.1 Å². The lowest BCUT2D eigenvalue weighted by Gasteiger charge is -2.42. The SMILES string of the molecule is COC1(CC(=O)N2CCCC[C@@H]2C(=O)O)CCC1. The van der Waals surface area contributed by atoms with E-state index >= 15 is 0 Å². The number of nitrogens with zero attached hydrogens (tertiary/aromatic N) is 1. The smallest absolute Gasteiger partial charge is 0.326 e. The Bertz CT molecular complexity index is 332. The molecule has 0 unspecified atom stereocenters. The summed E-state index contributed by atoms with van der Waals surface area (Å²) in [5.41, 5.74) is -0.322. The van der Waals surface area contributed by atoms with E-state index in [9.17, 15) is 9.59 Å². The van der Waals surface area contributed by atoms with Crippen LogP contribution in [0.2, 0.25) is 0 Å². The van der Waals surface area contributed by atoms with Crippen LogP contribution in [-0.2, 0) is 14.3 Å². The number of aliphatic carboxylic acids is 1. The molecule has 1 N–H and O–H groups in total. The summed E-state index contributed by atoms with van der Waals surface area (Å²) in [6.07, 6.45) is 5.57. The maximum absolute atomic E-state index is 12.3. The molecule has 102 valence electrons. The molecule has 0 spiro atoms. The normalized spacial score (nSPS) is 26.5. The highest BCUT2D eigenvalue weighted by Crippen LogP contribution is 2.38. The zero-order valence-corrected chi connectivity index (χ0v) is 10.9. The fraction of sp³-hybridized carbons (Fsp3) is 0.846. The molecule has 1 saturated carbocycles. The molecule has 1 saturated heterocycles. The number of carboxylic acid groups (broad SMARTS) is 1. The Morgan fingerprint density at radius 1 is 1.33 bits per heavy atom. The van der Waals surface area contributed by atoms with Crippen molar-refractivity contribution in [2.75, 3.05) is 13.7 Å². The van der Waals surface area contributed by atoms with E-state index < -0.39 is 12.0 Å². The number of likely N-dealkylation sites (tertiary alicyclic amines) is 1. The zero-order valence-electron chi connectivity index (χ0n) is 10.9. The Balaban J connectivity index is 2.00. The topological polar surface area (TPSA) is 66.8 Å². The first kappa shape index (κ1) is 13.3. The number of piperidine rings is 1. The third kappa shape index (κ3) is 2.51. The second kappa shape index (κ2) is 5.26. The highest BCUT2D eigenvalue weighted by atomic mass is 16.5. The number of hydrogen-bond acceptors (Lipinski definition) is 3. The van der Waals surface area contributed by atoms with E-state index in [1.54, 1.807) is 7.11 Å². The van der Waals surface area contributed by atoms with Crippen molar-refractivity contribution in [2.45, 2.75) is 56.6 Å². The lowest BCUT2D eigenvalue weighted by atomic mass is 9.77. The summed E-state index contributed by atoms with van der Waals surface area (Å²) in [6.45, 7) is 0.565. The first-order chi connectivity index (χ1) is 8.58. The number of rotatable bonds is 4. The van der Waals surface area contributed by atoms with Gasteiger partial charge in [-0.3, -0.25) is 4.79 Å². The number of hydrogen-bond donors (Lipinski definition) is 1. The van der Waals surface area contributed by atoms with Crippen molar-refractivity contribution < 1.29 is 19.4 Å². The molecule has 5 nitrogen and oxygen atoms in total. The number of carboxylic acids is 1. The molecule has 1 atom stereocenters. The second-order valence-electron chi connectivity index (χ2n) is 5.35. The molecule has 1 amide bonds. The number of amides is 1. The maximum Gasteiger partial charge on any atom is 0.326 e. The van der Waals surface area contributed by atoms with Gasteiger partial charge in [0.2, 0.25) is 5.91 Å². The van der Waals surface area contributed by atoms with Gasteiger partial charge in [0.25, 0.3) is 0 Å². The minimum atomic E-state index is -0.886. The molecule has 2 rings (SSSR count). The van der Waals surface area contributed by atoms with E-state index in [2.05, 4.69) is 0 Å². The third-order valence-corrected chi connectivity index (χ3v) is 4.28. The van der Waals surface area contributed by atoms with E-state index in [0.29, 0.717) is 19.4 Å². The number of carbonyl (C=O) groups excluding carboxylic acids is 1. The molecule has 1 aliphatic heterocycles. The monoisotopic (exact) mass is 255 g/mol. The fourth-order valence-electron chi connectivity index (χ4n) is 2.89. The van der Waals surface area contributed by atoms with Crippen LogP contribution in [0.25, 0.3) is 0 Å². The molecule has 0 radical (unpaired) electrons. The van der Waals surface area contributed by atoms with Gasteiger partial charge in [-0.25, -0.2) is 4.79 Å². The number of methoxy groups -OCH3 is 1. The first-order valence-corrected chi connectivity index (χ1v) is 6.65. The third-order valence-electron chi connectivity index (χ3n) is 4.28. The Morgan fingerprint density at radius 3 is 2.56 bits per heavy atom. The van der Waals surface area contributed by atoms with Crippen LogP contribution in [0.4, 0.5) is 0 Å². The molecular formula is C13H21NO4.